The van der Waals surface area contributed by atoms with Gasteiger partial charge in [-0.15, -0.1) is 0 Å². The summed E-state index contributed by atoms with van der Waals surface area (Å²) in [6, 6.07) is 0.854. The molecule has 5 heteroatoms. The van der Waals surface area contributed by atoms with Crippen LogP contribution in [0.1, 0.15) is 53.4 Å². The second-order valence-electron chi connectivity index (χ2n) is 4.53. The highest BCUT2D eigenvalue weighted by Gasteiger charge is 2.40. The van der Waals surface area contributed by atoms with Crippen LogP contribution in [0.5, 0.6) is 0 Å². The van der Waals surface area contributed by atoms with Crippen LogP contribution in [0.25, 0.3) is 0 Å². The topological polar surface area (TPSA) is 36.9 Å². The van der Waals surface area contributed by atoms with Gasteiger partial charge in [-0.3, -0.25) is 0 Å². The smallest absolute Gasteiger partial charge is 0.382 e. The summed E-state index contributed by atoms with van der Waals surface area (Å²) in [6.07, 6.45) is 3.92. The standard InChI is InChI=1S/C14H32O4Si/c1-5-10-16-19(17-11-6-2,18-12-7-3)14-9-13-15-8-4/h5-14H2,1-4H3. The normalized spacial score (nSPS) is 12.0. The molecule has 0 heterocycles. The summed E-state index contributed by atoms with van der Waals surface area (Å²) in [7, 11) is -2.49. The lowest BCUT2D eigenvalue weighted by molar-refractivity contribution is 0.0553. The molecule has 0 aliphatic carbocycles. The molecule has 0 aliphatic heterocycles. The molecule has 116 valence electrons. The number of ether oxygens (including phenoxy) is 1. The van der Waals surface area contributed by atoms with Gasteiger partial charge in [-0.1, -0.05) is 20.8 Å². The Morgan fingerprint density at radius 1 is 0.684 bits per heavy atom. The molecule has 0 amide bonds. The van der Waals surface area contributed by atoms with E-state index in [-0.39, 0.29) is 0 Å². The summed E-state index contributed by atoms with van der Waals surface area (Å²) in [6.45, 7) is 12.0. The summed E-state index contributed by atoms with van der Waals surface area (Å²) in [5.41, 5.74) is 0. The lowest BCUT2D eigenvalue weighted by Gasteiger charge is -2.29. The van der Waals surface area contributed by atoms with E-state index in [1.54, 1.807) is 0 Å². The van der Waals surface area contributed by atoms with Gasteiger partial charge < -0.3 is 18.0 Å². The van der Waals surface area contributed by atoms with Crippen LogP contribution in [-0.2, 0) is 18.0 Å². The Morgan fingerprint density at radius 3 is 1.53 bits per heavy atom. The van der Waals surface area contributed by atoms with Crippen LogP contribution in [0.15, 0.2) is 0 Å². The first kappa shape index (κ1) is 19.1. The molecule has 0 saturated heterocycles. The molecule has 0 aromatic carbocycles. The first-order valence-corrected chi connectivity index (χ1v) is 9.67. The molecule has 0 bridgehead atoms. The Balaban J connectivity index is 4.38. The lowest BCUT2D eigenvalue weighted by atomic mass is 10.5. The molecule has 0 unspecified atom stereocenters. The van der Waals surface area contributed by atoms with E-state index < -0.39 is 8.80 Å². The summed E-state index contributed by atoms with van der Waals surface area (Å²) in [4.78, 5) is 0. The summed E-state index contributed by atoms with van der Waals surface area (Å²) in [5, 5.41) is 0. The first-order chi connectivity index (χ1) is 9.24. The third-order valence-electron chi connectivity index (χ3n) is 2.55. The van der Waals surface area contributed by atoms with Crippen LogP contribution in [-0.4, -0.2) is 41.8 Å². The number of rotatable bonds is 14. The molecule has 0 aromatic heterocycles. The Morgan fingerprint density at radius 2 is 1.16 bits per heavy atom. The third kappa shape index (κ3) is 9.57. The van der Waals surface area contributed by atoms with Crippen molar-refractivity contribution in [3.63, 3.8) is 0 Å². The van der Waals surface area contributed by atoms with Crippen LogP contribution < -0.4 is 0 Å². The molecule has 0 saturated carbocycles. The van der Waals surface area contributed by atoms with Crippen molar-refractivity contribution in [1.29, 1.82) is 0 Å². The minimum Gasteiger partial charge on any atom is -0.382 e. The van der Waals surface area contributed by atoms with Gasteiger partial charge in [-0.25, -0.2) is 0 Å². The monoisotopic (exact) mass is 292 g/mol. The van der Waals surface area contributed by atoms with E-state index in [2.05, 4.69) is 20.8 Å². The molecule has 0 atom stereocenters. The van der Waals surface area contributed by atoms with Crippen molar-refractivity contribution in [2.45, 2.75) is 59.4 Å². The van der Waals surface area contributed by atoms with Gasteiger partial charge in [0.2, 0.25) is 0 Å². The van der Waals surface area contributed by atoms with Crippen LogP contribution in [0.2, 0.25) is 6.04 Å². The van der Waals surface area contributed by atoms with Crippen molar-refractivity contribution < 1.29 is 18.0 Å². The maximum atomic E-state index is 6.00. The molecule has 0 radical (unpaired) electrons. The third-order valence-corrected chi connectivity index (χ3v) is 5.45. The first-order valence-electron chi connectivity index (χ1n) is 7.74. The minimum atomic E-state index is -2.49. The minimum absolute atomic E-state index is 0.717. The predicted octanol–water partition coefficient (Wildman–Crippen LogP) is 3.63. The average Bonchev–Trinajstić information content (AvgIpc) is 2.44. The van der Waals surface area contributed by atoms with Gasteiger partial charge in [0.1, 0.15) is 0 Å². The zero-order valence-electron chi connectivity index (χ0n) is 13.2. The summed E-state index contributed by atoms with van der Waals surface area (Å²) >= 11 is 0. The second-order valence-corrected chi connectivity index (χ2v) is 7.26. The van der Waals surface area contributed by atoms with Crippen LogP contribution in [0, 0.1) is 0 Å². The Hall–Kier alpha value is 0.0569. The van der Waals surface area contributed by atoms with Crippen molar-refractivity contribution >= 4 is 8.80 Å². The van der Waals surface area contributed by atoms with E-state index >= 15 is 0 Å². The molecule has 0 fully saturated rings. The molecule has 0 spiro atoms. The molecular weight excluding hydrogens is 260 g/mol. The molecule has 4 nitrogen and oxygen atoms in total. The molecular formula is C14H32O4Si. The van der Waals surface area contributed by atoms with Crippen LogP contribution in [0.4, 0.5) is 0 Å². The van der Waals surface area contributed by atoms with E-state index in [0.717, 1.165) is 44.9 Å². The predicted molar refractivity (Wildman–Crippen MR) is 80.4 cm³/mol. The van der Waals surface area contributed by atoms with Crippen molar-refractivity contribution in [2.75, 3.05) is 33.0 Å². The zero-order valence-corrected chi connectivity index (χ0v) is 14.2. The SMILES string of the molecule is CCCO[Si](CCCOCC)(OCCC)OCCC. The Bertz CT molecular complexity index is 169. The largest absolute Gasteiger partial charge is 0.501 e. The molecule has 0 N–H and O–H groups in total. The van der Waals surface area contributed by atoms with Gasteiger partial charge in [0.05, 0.1) is 0 Å². The van der Waals surface area contributed by atoms with E-state index in [1.165, 1.54) is 0 Å². The summed E-state index contributed by atoms with van der Waals surface area (Å²) < 4.78 is 23.4. The maximum Gasteiger partial charge on any atom is 0.501 e. The van der Waals surface area contributed by atoms with Gasteiger partial charge in [-0.05, 0) is 32.6 Å². The van der Waals surface area contributed by atoms with E-state index in [0.29, 0.717) is 19.8 Å². The van der Waals surface area contributed by atoms with Crippen molar-refractivity contribution in [2.24, 2.45) is 0 Å². The number of hydrogen-bond donors (Lipinski definition) is 0. The fraction of sp³-hybridized carbons (Fsp3) is 1.00. The second kappa shape index (κ2) is 13.1. The quantitative estimate of drug-likeness (QED) is 0.362. The average molecular weight is 292 g/mol. The van der Waals surface area contributed by atoms with Gasteiger partial charge >= 0.3 is 8.80 Å². The summed E-state index contributed by atoms with van der Waals surface area (Å²) in [5.74, 6) is 0. The fourth-order valence-corrected chi connectivity index (χ4v) is 4.46. The van der Waals surface area contributed by atoms with E-state index in [4.69, 9.17) is 18.0 Å². The Labute approximate surface area is 120 Å². The van der Waals surface area contributed by atoms with E-state index in [1.807, 2.05) is 6.92 Å². The molecule has 0 rings (SSSR count). The van der Waals surface area contributed by atoms with Crippen LogP contribution >= 0.6 is 0 Å². The maximum absolute atomic E-state index is 6.00. The molecule has 19 heavy (non-hydrogen) atoms. The Kier molecular flexibility index (Phi) is 13.1. The zero-order chi connectivity index (χ0) is 14.4. The lowest BCUT2D eigenvalue weighted by Crippen LogP contribution is -2.46. The van der Waals surface area contributed by atoms with Crippen molar-refractivity contribution in [3.05, 3.63) is 0 Å². The van der Waals surface area contributed by atoms with E-state index in [9.17, 15) is 0 Å². The molecule has 0 aliphatic rings. The van der Waals surface area contributed by atoms with Crippen LogP contribution in [0.3, 0.4) is 0 Å². The van der Waals surface area contributed by atoms with Gasteiger partial charge in [0.25, 0.3) is 0 Å². The highest BCUT2D eigenvalue weighted by Crippen LogP contribution is 2.19. The van der Waals surface area contributed by atoms with Gasteiger partial charge in [0, 0.05) is 39.1 Å². The van der Waals surface area contributed by atoms with Crippen molar-refractivity contribution in [3.8, 4) is 0 Å². The van der Waals surface area contributed by atoms with Gasteiger partial charge in [0.15, 0.2) is 0 Å². The van der Waals surface area contributed by atoms with Gasteiger partial charge in [-0.2, -0.15) is 0 Å². The van der Waals surface area contributed by atoms with Crippen molar-refractivity contribution in [1.82, 2.24) is 0 Å². The molecule has 0 aromatic rings. The fourth-order valence-electron chi connectivity index (χ4n) is 1.65. The highest BCUT2D eigenvalue weighted by molar-refractivity contribution is 6.60. The highest BCUT2D eigenvalue weighted by atomic mass is 28.4. The number of hydrogen-bond acceptors (Lipinski definition) is 4.